The van der Waals surface area contributed by atoms with Crippen LogP contribution in [0.25, 0.3) is 0 Å². The van der Waals surface area contributed by atoms with Crippen LogP contribution < -0.4 is 10.6 Å². The van der Waals surface area contributed by atoms with Crippen molar-refractivity contribution in [3.05, 3.63) is 18.7 Å². The molecule has 1 aliphatic heterocycles. The standard InChI is InChI=1S/C14H24N6/c1-15-14(17-6-9-19-8-5-16-11-19)18-12-4-7-20(10-12)13-2-3-13/h5,8,11-13H,2-4,6-7,9-10H2,1H3,(H2,15,17,18). The summed E-state index contributed by atoms with van der Waals surface area (Å²) in [4.78, 5) is 11.0. The third-order valence-corrected chi connectivity index (χ3v) is 4.07. The number of nitrogens with one attached hydrogen (secondary N) is 2. The maximum atomic E-state index is 4.31. The Morgan fingerprint density at radius 1 is 1.40 bits per heavy atom. The molecule has 0 spiro atoms. The Labute approximate surface area is 120 Å². The van der Waals surface area contributed by atoms with Crippen LogP contribution in [-0.4, -0.2) is 59.2 Å². The summed E-state index contributed by atoms with van der Waals surface area (Å²) in [5.74, 6) is 0.910. The molecule has 1 aliphatic carbocycles. The lowest BCUT2D eigenvalue weighted by molar-refractivity contribution is 0.321. The zero-order valence-corrected chi connectivity index (χ0v) is 12.1. The molecule has 2 N–H and O–H groups in total. The van der Waals surface area contributed by atoms with Crippen LogP contribution in [0.2, 0.25) is 0 Å². The van der Waals surface area contributed by atoms with E-state index in [4.69, 9.17) is 0 Å². The SMILES string of the molecule is CN=C(NCCn1ccnc1)NC1CCN(C2CC2)C1. The van der Waals surface area contributed by atoms with E-state index in [1.54, 1.807) is 6.20 Å². The zero-order chi connectivity index (χ0) is 13.8. The molecule has 1 atom stereocenters. The number of guanidine groups is 1. The minimum atomic E-state index is 0.537. The van der Waals surface area contributed by atoms with Gasteiger partial charge >= 0.3 is 0 Å². The Hall–Kier alpha value is -1.56. The molecule has 1 unspecified atom stereocenters. The molecule has 6 heteroatoms. The van der Waals surface area contributed by atoms with Gasteiger partial charge in [-0.05, 0) is 19.3 Å². The molecule has 1 aromatic heterocycles. The molecule has 3 rings (SSSR count). The number of aromatic nitrogens is 2. The Morgan fingerprint density at radius 3 is 3.00 bits per heavy atom. The van der Waals surface area contributed by atoms with Crippen LogP contribution in [0, 0.1) is 0 Å². The lowest BCUT2D eigenvalue weighted by Crippen LogP contribution is -2.45. The maximum absolute atomic E-state index is 4.31. The number of rotatable bonds is 5. The van der Waals surface area contributed by atoms with E-state index in [0.29, 0.717) is 6.04 Å². The quantitative estimate of drug-likeness (QED) is 0.599. The van der Waals surface area contributed by atoms with Crippen molar-refractivity contribution in [1.29, 1.82) is 0 Å². The molecule has 2 aliphatic rings. The predicted octanol–water partition coefficient (Wildman–Crippen LogP) is 0.285. The van der Waals surface area contributed by atoms with Gasteiger partial charge in [-0.3, -0.25) is 9.89 Å². The van der Waals surface area contributed by atoms with Crippen LogP contribution >= 0.6 is 0 Å². The van der Waals surface area contributed by atoms with E-state index < -0.39 is 0 Å². The van der Waals surface area contributed by atoms with Crippen molar-refractivity contribution in [2.75, 3.05) is 26.7 Å². The van der Waals surface area contributed by atoms with Gasteiger partial charge in [-0.15, -0.1) is 0 Å². The molecule has 2 heterocycles. The van der Waals surface area contributed by atoms with Gasteiger partial charge in [0.05, 0.1) is 6.33 Å². The molecule has 110 valence electrons. The van der Waals surface area contributed by atoms with Gasteiger partial charge in [-0.25, -0.2) is 4.98 Å². The highest BCUT2D eigenvalue weighted by molar-refractivity contribution is 5.79. The average Bonchev–Trinajstić information content (AvgIpc) is 2.99. The number of hydrogen-bond acceptors (Lipinski definition) is 3. The monoisotopic (exact) mass is 276 g/mol. The summed E-state index contributed by atoms with van der Waals surface area (Å²) < 4.78 is 2.06. The molecular weight excluding hydrogens is 252 g/mol. The highest BCUT2D eigenvalue weighted by Crippen LogP contribution is 2.29. The number of aliphatic imine (C=N–C) groups is 1. The van der Waals surface area contributed by atoms with E-state index in [-0.39, 0.29) is 0 Å². The van der Waals surface area contributed by atoms with Crippen molar-refractivity contribution in [1.82, 2.24) is 25.1 Å². The van der Waals surface area contributed by atoms with E-state index in [0.717, 1.165) is 31.6 Å². The van der Waals surface area contributed by atoms with Gasteiger partial charge in [-0.2, -0.15) is 0 Å². The van der Waals surface area contributed by atoms with Crippen LogP contribution in [0.15, 0.2) is 23.7 Å². The van der Waals surface area contributed by atoms with E-state index >= 15 is 0 Å². The first kappa shape index (κ1) is 13.4. The summed E-state index contributed by atoms with van der Waals surface area (Å²) in [6.45, 7) is 4.15. The number of hydrogen-bond donors (Lipinski definition) is 2. The van der Waals surface area contributed by atoms with E-state index in [9.17, 15) is 0 Å². The van der Waals surface area contributed by atoms with Gasteiger partial charge in [0.25, 0.3) is 0 Å². The van der Waals surface area contributed by atoms with Crippen molar-refractivity contribution in [3.63, 3.8) is 0 Å². The van der Waals surface area contributed by atoms with Crippen LogP contribution in [-0.2, 0) is 6.54 Å². The van der Waals surface area contributed by atoms with E-state index in [1.807, 2.05) is 19.6 Å². The number of imidazole rings is 1. The first-order valence-corrected chi connectivity index (χ1v) is 7.52. The lowest BCUT2D eigenvalue weighted by atomic mass is 10.3. The third kappa shape index (κ3) is 3.50. The molecule has 0 bridgehead atoms. The fourth-order valence-electron chi connectivity index (χ4n) is 2.79. The molecule has 1 aromatic rings. The normalized spacial score (nSPS) is 24.1. The van der Waals surface area contributed by atoms with E-state index in [2.05, 4.69) is 30.1 Å². The second kappa shape index (κ2) is 6.26. The van der Waals surface area contributed by atoms with Crippen LogP contribution in [0.1, 0.15) is 19.3 Å². The molecule has 1 saturated carbocycles. The summed E-state index contributed by atoms with van der Waals surface area (Å²) in [5.41, 5.74) is 0. The summed E-state index contributed by atoms with van der Waals surface area (Å²) in [7, 11) is 1.83. The molecule has 1 saturated heterocycles. The molecule has 0 amide bonds. The predicted molar refractivity (Wildman–Crippen MR) is 79.7 cm³/mol. The number of likely N-dealkylation sites (tertiary alicyclic amines) is 1. The van der Waals surface area contributed by atoms with E-state index in [1.165, 1.54) is 25.8 Å². The first-order chi connectivity index (χ1) is 9.85. The second-order valence-corrected chi connectivity index (χ2v) is 5.66. The van der Waals surface area contributed by atoms with Crippen LogP contribution in [0.5, 0.6) is 0 Å². The highest BCUT2D eigenvalue weighted by Gasteiger charge is 2.34. The van der Waals surface area contributed by atoms with Crippen molar-refractivity contribution >= 4 is 5.96 Å². The summed E-state index contributed by atoms with van der Waals surface area (Å²) in [6.07, 6.45) is 9.62. The Morgan fingerprint density at radius 2 is 2.30 bits per heavy atom. The Bertz CT molecular complexity index is 437. The van der Waals surface area contributed by atoms with Gasteiger partial charge in [0, 0.05) is 57.7 Å². The van der Waals surface area contributed by atoms with Gasteiger partial charge in [0.1, 0.15) is 0 Å². The number of nitrogens with zero attached hydrogens (tertiary/aromatic N) is 4. The summed E-state index contributed by atoms with van der Waals surface area (Å²) >= 11 is 0. The first-order valence-electron chi connectivity index (χ1n) is 7.52. The van der Waals surface area contributed by atoms with Crippen molar-refractivity contribution in [2.45, 2.75) is 37.9 Å². The fourth-order valence-corrected chi connectivity index (χ4v) is 2.79. The fraction of sp³-hybridized carbons (Fsp3) is 0.714. The molecular formula is C14H24N6. The van der Waals surface area contributed by atoms with Gasteiger partial charge in [0.15, 0.2) is 5.96 Å². The lowest BCUT2D eigenvalue weighted by Gasteiger charge is -2.18. The average molecular weight is 276 g/mol. The van der Waals surface area contributed by atoms with Crippen LogP contribution in [0.3, 0.4) is 0 Å². The molecule has 0 aromatic carbocycles. The van der Waals surface area contributed by atoms with Crippen molar-refractivity contribution < 1.29 is 0 Å². The van der Waals surface area contributed by atoms with Crippen LogP contribution in [0.4, 0.5) is 0 Å². The Kier molecular flexibility index (Phi) is 4.20. The molecule has 0 radical (unpaired) electrons. The summed E-state index contributed by atoms with van der Waals surface area (Å²) in [5, 5.41) is 6.90. The summed E-state index contributed by atoms with van der Waals surface area (Å²) in [6, 6.07) is 1.41. The van der Waals surface area contributed by atoms with Gasteiger partial charge < -0.3 is 15.2 Å². The van der Waals surface area contributed by atoms with Gasteiger partial charge in [0.2, 0.25) is 0 Å². The molecule has 6 nitrogen and oxygen atoms in total. The molecule has 20 heavy (non-hydrogen) atoms. The topological polar surface area (TPSA) is 57.5 Å². The smallest absolute Gasteiger partial charge is 0.191 e. The highest BCUT2D eigenvalue weighted by atomic mass is 15.3. The Balaban J connectivity index is 1.38. The zero-order valence-electron chi connectivity index (χ0n) is 12.1. The largest absolute Gasteiger partial charge is 0.355 e. The minimum absolute atomic E-state index is 0.537. The second-order valence-electron chi connectivity index (χ2n) is 5.66. The van der Waals surface area contributed by atoms with Crippen molar-refractivity contribution in [2.24, 2.45) is 4.99 Å². The van der Waals surface area contributed by atoms with Crippen molar-refractivity contribution in [3.8, 4) is 0 Å². The molecule has 2 fully saturated rings. The van der Waals surface area contributed by atoms with Gasteiger partial charge in [-0.1, -0.05) is 0 Å². The third-order valence-electron chi connectivity index (χ3n) is 4.07. The minimum Gasteiger partial charge on any atom is -0.355 e. The maximum Gasteiger partial charge on any atom is 0.191 e.